The van der Waals surface area contributed by atoms with Gasteiger partial charge in [-0.25, -0.2) is 19.7 Å². The summed E-state index contributed by atoms with van der Waals surface area (Å²) in [6, 6.07) is 6.32. The van der Waals surface area contributed by atoms with E-state index in [2.05, 4.69) is 32.5 Å². The van der Waals surface area contributed by atoms with Gasteiger partial charge in [-0.1, -0.05) is 26.5 Å². The summed E-state index contributed by atoms with van der Waals surface area (Å²) in [5, 5.41) is 9.46. The molecular formula is C24H26N6O3S. The summed E-state index contributed by atoms with van der Waals surface area (Å²) in [5.74, 6) is -0.0822. The molecule has 1 fully saturated rings. The highest BCUT2D eigenvalue weighted by Crippen LogP contribution is 2.45. The van der Waals surface area contributed by atoms with Crippen LogP contribution in [0.1, 0.15) is 42.8 Å². The number of pyridine rings is 2. The number of amides is 4. The molecule has 9 nitrogen and oxygen atoms in total. The molecule has 10 heteroatoms. The maximum absolute atomic E-state index is 13.2. The van der Waals surface area contributed by atoms with E-state index in [1.807, 2.05) is 13.8 Å². The number of hydrogen-bond donors (Lipinski definition) is 3. The van der Waals surface area contributed by atoms with Gasteiger partial charge >= 0.3 is 6.03 Å². The predicted octanol–water partition coefficient (Wildman–Crippen LogP) is 4.35. The lowest BCUT2D eigenvalue weighted by Gasteiger charge is -2.27. The van der Waals surface area contributed by atoms with Crippen LogP contribution in [0.15, 0.2) is 49.3 Å². The van der Waals surface area contributed by atoms with Gasteiger partial charge < -0.3 is 16.0 Å². The molecule has 3 N–H and O–H groups in total. The Hall–Kier alpha value is -3.79. The van der Waals surface area contributed by atoms with E-state index in [4.69, 9.17) is 0 Å². The number of aromatic nitrogens is 2. The molecule has 0 unspecified atom stereocenters. The van der Waals surface area contributed by atoms with Crippen LogP contribution in [0.4, 0.5) is 22.0 Å². The third kappa shape index (κ3) is 4.24. The van der Waals surface area contributed by atoms with Crippen LogP contribution in [0.25, 0.3) is 10.2 Å². The summed E-state index contributed by atoms with van der Waals surface area (Å²) in [6.07, 6.45) is 6.90. The van der Waals surface area contributed by atoms with E-state index in [1.165, 1.54) is 22.3 Å². The van der Waals surface area contributed by atoms with Crippen molar-refractivity contribution in [1.82, 2.24) is 20.6 Å². The molecular weight excluding hydrogens is 452 g/mol. The predicted molar refractivity (Wildman–Crippen MR) is 134 cm³/mol. The Morgan fingerprint density at radius 2 is 1.91 bits per heavy atom. The Morgan fingerprint density at radius 1 is 1.15 bits per heavy atom. The van der Waals surface area contributed by atoms with Crippen LogP contribution in [-0.2, 0) is 4.79 Å². The van der Waals surface area contributed by atoms with Crippen LogP contribution in [0.3, 0.4) is 0 Å². The average Bonchev–Trinajstić information content (AvgIpc) is 3.46. The highest BCUT2D eigenvalue weighted by Gasteiger charge is 2.35. The van der Waals surface area contributed by atoms with E-state index in [0.29, 0.717) is 32.3 Å². The number of carbonyl (C=O) groups is 3. The second-order valence-corrected chi connectivity index (χ2v) is 8.60. The summed E-state index contributed by atoms with van der Waals surface area (Å²) in [7, 11) is 0. The van der Waals surface area contributed by atoms with E-state index in [-0.39, 0.29) is 23.9 Å². The first kappa shape index (κ1) is 23.4. The van der Waals surface area contributed by atoms with Gasteiger partial charge in [-0.3, -0.25) is 9.59 Å². The molecule has 0 saturated heterocycles. The first-order valence-electron chi connectivity index (χ1n) is 11.2. The number of carbonyl (C=O) groups excluding carboxylic acids is 3. The highest BCUT2D eigenvalue weighted by molar-refractivity contribution is 7.21. The van der Waals surface area contributed by atoms with Crippen LogP contribution in [0, 0.1) is 0 Å². The zero-order chi connectivity index (χ0) is 24.2. The Morgan fingerprint density at radius 3 is 2.62 bits per heavy atom. The smallest absolute Gasteiger partial charge is 0.332 e. The third-order valence-electron chi connectivity index (χ3n) is 5.68. The highest BCUT2D eigenvalue weighted by atomic mass is 32.1. The van der Waals surface area contributed by atoms with Crippen LogP contribution in [0.2, 0.25) is 0 Å². The standard InChI is InChI=1S/C22H20N6O3S.C2H6/c1-2-16(29)25-12-6-5-7-13(12)26-20(30)19-18-17-14(9-11-24-21(17)32-19)28(22(31)27-18)15-8-3-4-10-23-15;1-2/h2-4,8-13H,1,5-7H2,(H,25,29)(H,26,30)(H,27,31);1-2H3/t12-,13+;/m1./s1. The van der Waals surface area contributed by atoms with Gasteiger partial charge in [0.1, 0.15) is 15.5 Å². The lowest BCUT2D eigenvalue weighted by Crippen LogP contribution is -2.48. The molecule has 2 aliphatic rings. The number of rotatable bonds is 5. The molecule has 3 aromatic rings. The summed E-state index contributed by atoms with van der Waals surface area (Å²) >= 11 is 1.22. The molecule has 1 saturated carbocycles. The van der Waals surface area contributed by atoms with Crippen molar-refractivity contribution in [1.29, 1.82) is 0 Å². The second-order valence-electron chi connectivity index (χ2n) is 7.60. The zero-order valence-corrected chi connectivity index (χ0v) is 19.8. The van der Waals surface area contributed by atoms with E-state index >= 15 is 0 Å². The first-order chi connectivity index (χ1) is 16.6. The van der Waals surface area contributed by atoms with Gasteiger partial charge in [-0.05, 0) is 43.5 Å². The van der Waals surface area contributed by atoms with Gasteiger partial charge in [0.25, 0.3) is 5.91 Å². The minimum Gasteiger partial charge on any atom is -0.348 e. The van der Waals surface area contributed by atoms with Crippen LogP contribution in [-0.4, -0.2) is 39.9 Å². The van der Waals surface area contributed by atoms with Gasteiger partial charge in [0.15, 0.2) is 0 Å². The number of nitrogens with one attached hydrogen (secondary N) is 3. The largest absolute Gasteiger partial charge is 0.348 e. The van der Waals surface area contributed by atoms with Crippen LogP contribution < -0.4 is 20.9 Å². The number of thiophene rings is 1. The van der Waals surface area contributed by atoms with E-state index < -0.39 is 6.03 Å². The Bertz CT molecular complexity index is 1240. The minimum atomic E-state index is -0.395. The molecule has 0 bridgehead atoms. The van der Waals surface area contributed by atoms with E-state index in [9.17, 15) is 14.4 Å². The molecule has 5 rings (SSSR count). The Kier molecular flexibility index (Phi) is 6.87. The lowest BCUT2D eigenvalue weighted by molar-refractivity contribution is -0.117. The van der Waals surface area contributed by atoms with E-state index in [1.54, 1.807) is 36.7 Å². The summed E-state index contributed by atoms with van der Waals surface area (Å²) < 4.78 is 0. The molecule has 4 heterocycles. The van der Waals surface area contributed by atoms with Crippen molar-refractivity contribution in [3.63, 3.8) is 0 Å². The molecule has 4 amide bonds. The number of nitrogens with zero attached hydrogens (tertiary/aromatic N) is 3. The van der Waals surface area contributed by atoms with E-state index in [0.717, 1.165) is 19.3 Å². The molecule has 2 atom stereocenters. The van der Waals surface area contributed by atoms with Crippen molar-refractivity contribution >= 4 is 56.6 Å². The molecule has 0 spiro atoms. The monoisotopic (exact) mass is 478 g/mol. The SMILES string of the molecule is C=CC(=O)N[C@@H]1CCC[C@@H]1NC(=O)c1sc2nccc3c2c1NC(=O)N3c1ccccn1.CC. The molecule has 34 heavy (non-hydrogen) atoms. The van der Waals surface area contributed by atoms with Crippen molar-refractivity contribution in [2.24, 2.45) is 0 Å². The average molecular weight is 479 g/mol. The Labute approximate surface area is 201 Å². The first-order valence-corrected chi connectivity index (χ1v) is 12.1. The summed E-state index contributed by atoms with van der Waals surface area (Å²) in [4.78, 5) is 49.1. The number of urea groups is 1. The molecule has 1 aliphatic heterocycles. The molecule has 176 valence electrons. The van der Waals surface area contributed by atoms with Crippen molar-refractivity contribution < 1.29 is 14.4 Å². The van der Waals surface area contributed by atoms with Crippen molar-refractivity contribution in [3.05, 3.63) is 54.2 Å². The summed E-state index contributed by atoms with van der Waals surface area (Å²) in [6.45, 7) is 7.48. The molecule has 1 aliphatic carbocycles. The number of hydrogen-bond acceptors (Lipinski definition) is 6. The van der Waals surface area contributed by atoms with Gasteiger partial charge in [0, 0.05) is 24.5 Å². The van der Waals surface area contributed by atoms with Crippen molar-refractivity contribution in [2.45, 2.75) is 45.2 Å². The minimum absolute atomic E-state index is 0.155. The maximum Gasteiger partial charge on any atom is 0.332 e. The molecule has 0 radical (unpaired) electrons. The van der Waals surface area contributed by atoms with Crippen LogP contribution in [0.5, 0.6) is 0 Å². The van der Waals surface area contributed by atoms with Crippen LogP contribution >= 0.6 is 11.3 Å². The lowest BCUT2D eigenvalue weighted by atomic mass is 10.1. The van der Waals surface area contributed by atoms with Gasteiger partial charge in [0.2, 0.25) is 5.91 Å². The fraction of sp³-hybridized carbons (Fsp3) is 0.292. The zero-order valence-electron chi connectivity index (χ0n) is 19.0. The Balaban J connectivity index is 0.00000133. The normalized spacial score (nSPS) is 18.5. The molecule has 0 aromatic carbocycles. The quantitative estimate of drug-likeness (QED) is 0.471. The second kappa shape index (κ2) is 10.0. The maximum atomic E-state index is 13.2. The van der Waals surface area contributed by atoms with Crippen molar-refractivity contribution in [2.75, 3.05) is 10.2 Å². The van der Waals surface area contributed by atoms with Gasteiger partial charge in [0.05, 0.1) is 16.8 Å². The van der Waals surface area contributed by atoms with Crippen molar-refractivity contribution in [3.8, 4) is 0 Å². The molecule has 3 aromatic heterocycles. The third-order valence-corrected chi connectivity index (χ3v) is 6.77. The summed E-state index contributed by atoms with van der Waals surface area (Å²) in [5.41, 5.74) is 1.08. The van der Waals surface area contributed by atoms with Gasteiger partial charge in [-0.2, -0.15) is 0 Å². The van der Waals surface area contributed by atoms with Gasteiger partial charge in [-0.15, -0.1) is 11.3 Å². The number of anilines is 3. The fourth-order valence-electron chi connectivity index (χ4n) is 4.24. The fourth-order valence-corrected chi connectivity index (χ4v) is 5.26. The topological polar surface area (TPSA) is 116 Å².